The lowest BCUT2D eigenvalue weighted by Gasteiger charge is -2.40. The number of aliphatic carboxylic acids is 2. The van der Waals surface area contributed by atoms with Crippen molar-refractivity contribution in [3.63, 3.8) is 0 Å². The molecule has 1 unspecified atom stereocenters. The molecule has 8 heteroatoms. The molecule has 1 N–H and O–H groups in total. The molecule has 0 saturated heterocycles. The largest absolute Gasteiger partial charge is 0.550 e. The molecule has 1 aliphatic carbocycles. The zero-order valence-electron chi connectivity index (χ0n) is 9.62. The van der Waals surface area contributed by atoms with Gasteiger partial charge >= 0.3 is 0 Å². The van der Waals surface area contributed by atoms with E-state index in [-0.39, 0.29) is 12.8 Å². The summed E-state index contributed by atoms with van der Waals surface area (Å²) in [5.74, 6) is -4.90. The molecule has 0 aromatic carbocycles. The van der Waals surface area contributed by atoms with E-state index in [1.165, 1.54) is 0 Å². The van der Waals surface area contributed by atoms with Gasteiger partial charge in [-0.3, -0.25) is 4.55 Å². The van der Waals surface area contributed by atoms with Crippen LogP contribution < -0.4 is 10.2 Å². The first-order valence-corrected chi connectivity index (χ1v) is 7.04. The van der Waals surface area contributed by atoms with Gasteiger partial charge in [0.1, 0.15) is 4.75 Å². The second-order valence-corrected chi connectivity index (χ2v) is 6.21. The molecule has 0 aromatic rings. The van der Waals surface area contributed by atoms with Gasteiger partial charge in [0, 0.05) is 12.4 Å². The Morgan fingerprint density at radius 3 is 2.00 bits per heavy atom. The lowest BCUT2D eigenvalue weighted by molar-refractivity contribution is -0.320. The fraction of sp³-hybridized carbons (Fsp3) is 0.800. The third-order valence-electron chi connectivity index (χ3n) is 3.48. The van der Waals surface area contributed by atoms with Crippen LogP contribution in [0.2, 0.25) is 0 Å². The molecule has 1 rings (SSSR count). The zero-order valence-corrected chi connectivity index (χ0v) is 10.4. The van der Waals surface area contributed by atoms with Gasteiger partial charge in [-0.15, -0.1) is 0 Å². The van der Waals surface area contributed by atoms with Crippen LogP contribution in [0.1, 0.15) is 38.5 Å². The van der Waals surface area contributed by atoms with Crippen LogP contribution in [-0.4, -0.2) is 29.7 Å². The van der Waals surface area contributed by atoms with Crippen molar-refractivity contribution in [2.45, 2.75) is 43.3 Å². The fourth-order valence-electron chi connectivity index (χ4n) is 2.57. The standard InChI is InChI=1S/C10H16O7S/c11-8(12)6-10(9(13)14,18(15,16)17)7-4-2-1-3-5-7/h7H,1-6H2,(H,11,12)(H,13,14)(H,15,16,17)/p-2. The van der Waals surface area contributed by atoms with Crippen molar-refractivity contribution in [3.8, 4) is 0 Å². The highest BCUT2D eigenvalue weighted by Gasteiger charge is 2.51. The summed E-state index contributed by atoms with van der Waals surface area (Å²) < 4.78 is 29.1. The summed E-state index contributed by atoms with van der Waals surface area (Å²) >= 11 is 0. The lowest BCUT2D eigenvalue weighted by Crippen LogP contribution is -2.61. The van der Waals surface area contributed by atoms with Crippen LogP contribution in [0.15, 0.2) is 0 Å². The van der Waals surface area contributed by atoms with Crippen LogP contribution in [0.3, 0.4) is 0 Å². The highest BCUT2D eigenvalue weighted by atomic mass is 32.2. The van der Waals surface area contributed by atoms with Gasteiger partial charge in [0.05, 0.1) is 5.97 Å². The molecule has 0 aromatic heterocycles. The van der Waals surface area contributed by atoms with Crippen LogP contribution in [0.25, 0.3) is 0 Å². The average molecular weight is 278 g/mol. The molecule has 0 amide bonds. The van der Waals surface area contributed by atoms with Crippen molar-refractivity contribution >= 4 is 22.1 Å². The smallest absolute Gasteiger partial charge is 0.276 e. The molecule has 0 heterocycles. The minimum Gasteiger partial charge on any atom is -0.550 e. The van der Waals surface area contributed by atoms with E-state index in [1.54, 1.807) is 0 Å². The number of carboxylic acid groups (broad SMARTS) is 2. The maximum atomic E-state index is 11.4. The van der Waals surface area contributed by atoms with Gasteiger partial charge in [0.2, 0.25) is 0 Å². The summed E-state index contributed by atoms with van der Waals surface area (Å²) in [7, 11) is -5.10. The molecule has 0 spiro atoms. The Labute approximate surface area is 105 Å². The van der Waals surface area contributed by atoms with Crippen molar-refractivity contribution < 1.29 is 32.8 Å². The Morgan fingerprint density at radius 1 is 1.17 bits per heavy atom. The first-order valence-electron chi connectivity index (χ1n) is 5.60. The highest BCUT2D eigenvalue weighted by molar-refractivity contribution is 7.88. The highest BCUT2D eigenvalue weighted by Crippen LogP contribution is 2.39. The summed E-state index contributed by atoms with van der Waals surface area (Å²) in [6, 6.07) is 0. The molecule has 1 saturated carbocycles. The van der Waals surface area contributed by atoms with Gasteiger partial charge in [-0.2, -0.15) is 8.42 Å². The molecular weight excluding hydrogens is 264 g/mol. The van der Waals surface area contributed by atoms with Crippen molar-refractivity contribution in [3.05, 3.63) is 0 Å². The van der Waals surface area contributed by atoms with Crippen molar-refractivity contribution in [1.29, 1.82) is 0 Å². The predicted octanol–water partition coefficient (Wildman–Crippen LogP) is -1.92. The quantitative estimate of drug-likeness (QED) is 0.579. The Hall–Kier alpha value is -1.15. The van der Waals surface area contributed by atoms with E-state index in [1.807, 2.05) is 0 Å². The number of carbonyl (C=O) groups is 2. The monoisotopic (exact) mass is 278 g/mol. The van der Waals surface area contributed by atoms with Crippen LogP contribution >= 0.6 is 0 Å². The van der Waals surface area contributed by atoms with E-state index in [2.05, 4.69) is 0 Å². The molecule has 18 heavy (non-hydrogen) atoms. The first-order chi connectivity index (χ1) is 8.22. The van der Waals surface area contributed by atoms with Gasteiger partial charge in [0.15, 0.2) is 0 Å². The minimum atomic E-state index is -5.10. The topological polar surface area (TPSA) is 135 Å². The summed E-state index contributed by atoms with van der Waals surface area (Å²) in [6.45, 7) is 0. The number of hydrogen-bond donors (Lipinski definition) is 1. The molecule has 104 valence electrons. The van der Waals surface area contributed by atoms with E-state index < -0.39 is 39.1 Å². The van der Waals surface area contributed by atoms with Crippen molar-refractivity contribution in [1.82, 2.24) is 0 Å². The van der Waals surface area contributed by atoms with Crippen LogP contribution in [0.5, 0.6) is 0 Å². The van der Waals surface area contributed by atoms with Crippen LogP contribution in [0, 0.1) is 5.92 Å². The number of carbonyl (C=O) groups excluding carboxylic acids is 2. The maximum Gasteiger partial charge on any atom is 0.276 e. The van der Waals surface area contributed by atoms with Crippen molar-refractivity contribution in [2.24, 2.45) is 5.92 Å². The maximum absolute atomic E-state index is 11.4. The van der Waals surface area contributed by atoms with Gasteiger partial charge in [-0.05, 0) is 18.8 Å². The van der Waals surface area contributed by atoms with E-state index in [0.717, 1.165) is 6.42 Å². The van der Waals surface area contributed by atoms with Gasteiger partial charge in [0.25, 0.3) is 10.1 Å². The first kappa shape index (κ1) is 14.9. The van der Waals surface area contributed by atoms with E-state index in [0.29, 0.717) is 12.8 Å². The summed E-state index contributed by atoms with van der Waals surface area (Å²) in [4.78, 5) is 21.8. The second kappa shape index (κ2) is 5.23. The molecule has 1 atom stereocenters. The molecule has 1 aliphatic rings. The van der Waals surface area contributed by atoms with Gasteiger partial charge < -0.3 is 19.8 Å². The second-order valence-electron chi connectivity index (χ2n) is 4.54. The Kier molecular flexibility index (Phi) is 4.33. The summed E-state index contributed by atoms with van der Waals surface area (Å²) in [5, 5.41) is 21.8. The molecule has 1 fully saturated rings. The molecule has 0 bridgehead atoms. The van der Waals surface area contributed by atoms with Gasteiger partial charge in [-0.25, -0.2) is 0 Å². The molecule has 0 radical (unpaired) electrons. The van der Waals surface area contributed by atoms with Crippen molar-refractivity contribution in [2.75, 3.05) is 0 Å². The third kappa shape index (κ3) is 2.64. The average Bonchev–Trinajstić information content (AvgIpc) is 2.24. The SMILES string of the molecule is O=C([O-])CC(C(=O)[O-])(C1CCCCC1)S(=O)(=O)O. The van der Waals surface area contributed by atoms with Gasteiger partial charge in [-0.1, -0.05) is 19.3 Å². The fourth-order valence-corrected chi connectivity index (χ4v) is 3.74. The summed E-state index contributed by atoms with van der Waals surface area (Å²) in [6.07, 6.45) is 1.14. The number of carboxylic acids is 2. The Balaban J connectivity index is 3.28. The van der Waals surface area contributed by atoms with Crippen LogP contribution in [0.4, 0.5) is 0 Å². The Morgan fingerprint density at radius 2 is 1.67 bits per heavy atom. The molecule has 0 aliphatic heterocycles. The normalized spacial score (nSPS) is 21.2. The minimum absolute atomic E-state index is 0.223. The number of rotatable bonds is 5. The summed E-state index contributed by atoms with van der Waals surface area (Å²) in [5.41, 5.74) is 0. The lowest BCUT2D eigenvalue weighted by atomic mass is 9.78. The zero-order chi connectivity index (χ0) is 14.0. The number of hydrogen-bond acceptors (Lipinski definition) is 6. The molecule has 7 nitrogen and oxygen atoms in total. The molecular formula is C10H14O7S-2. The van der Waals surface area contributed by atoms with Crippen LogP contribution in [-0.2, 0) is 19.7 Å². The van der Waals surface area contributed by atoms with E-state index >= 15 is 0 Å². The Bertz CT molecular complexity index is 435. The van der Waals surface area contributed by atoms with E-state index in [9.17, 15) is 28.2 Å². The van der Waals surface area contributed by atoms with E-state index in [4.69, 9.17) is 4.55 Å². The predicted molar refractivity (Wildman–Crippen MR) is 55.5 cm³/mol. The third-order valence-corrected chi connectivity index (χ3v) is 5.04.